The summed E-state index contributed by atoms with van der Waals surface area (Å²) in [4.78, 5) is 15.4. The maximum Gasteiger partial charge on any atom is 0.349 e. The molecule has 92 valence electrons. The summed E-state index contributed by atoms with van der Waals surface area (Å²) in [6.07, 6.45) is 1.17. The monoisotopic (exact) mass is 235 g/mol. The molecule has 17 heavy (non-hydrogen) atoms. The molecule has 0 N–H and O–H groups in total. The summed E-state index contributed by atoms with van der Waals surface area (Å²) >= 11 is 0. The van der Waals surface area contributed by atoms with Gasteiger partial charge in [-0.15, -0.1) is 0 Å². The molecule has 0 saturated carbocycles. The van der Waals surface area contributed by atoms with E-state index in [0.29, 0.717) is 11.4 Å². The van der Waals surface area contributed by atoms with Gasteiger partial charge in [0.15, 0.2) is 0 Å². The highest BCUT2D eigenvalue weighted by atomic mass is 16.6. The van der Waals surface area contributed by atoms with Gasteiger partial charge in [-0.05, 0) is 32.9 Å². The number of aliphatic imine (C=N–C) groups is 1. The van der Waals surface area contributed by atoms with Crippen LogP contribution in [-0.4, -0.2) is 24.9 Å². The maximum atomic E-state index is 11.4. The van der Waals surface area contributed by atoms with Crippen LogP contribution in [0.1, 0.15) is 20.8 Å². The van der Waals surface area contributed by atoms with Crippen molar-refractivity contribution in [1.29, 1.82) is 0 Å². The molecule has 0 amide bonds. The van der Waals surface area contributed by atoms with Gasteiger partial charge in [0, 0.05) is 6.07 Å². The van der Waals surface area contributed by atoms with E-state index in [-0.39, 0.29) is 0 Å². The second-order valence-corrected chi connectivity index (χ2v) is 4.49. The van der Waals surface area contributed by atoms with Gasteiger partial charge in [0.2, 0.25) is 0 Å². The molecule has 1 rings (SSSR count). The Kier molecular flexibility index (Phi) is 4.26. The van der Waals surface area contributed by atoms with Crippen molar-refractivity contribution in [3.63, 3.8) is 0 Å². The summed E-state index contributed by atoms with van der Waals surface area (Å²) < 4.78 is 10.1. The van der Waals surface area contributed by atoms with Crippen LogP contribution in [0.2, 0.25) is 0 Å². The predicted molar refractivity (Wildman–Crippen MR) is 67.0 cm³/mol. The van der Waals surface area contributed by atoms with E-state index in [2.05, 4.69) is 4.99 Å². The average molecular weight is 235 g/mol. The number of nitrogens with zero attached hydrogens (tertiary/aromatic N) is 1. The molecule has 0 bridgehead atoms. The number of methoxy groups -OCH3 is 1. The number of hydrogen-bond acceptors (Lipinski definition) is 4. The highest BCUT2D eigenvalue weighted by Gasteiger charge is 2.14. The molecule has 0 aliphatic rings. The van der Waals surface area contributed by atoms with Gasteiger partial charge in [0.05, 0.1) is 12.8 Å². The highest BCUT2D eigenvalue weighted by Crippen LogP contribution is 2.19. The molecule has 0 fully saturated rings. The molecule has 0 aliphatic heterocycles. The first-order valence-corrected chi connectivity index (χ1v) is 5.32. The Bertz CT molecular complexity index is 419. The van der Waals surface area contributed by atoms with Crippen molar-refractivity contribution in [2.24, 2.45) is 4.99 Å². The number of esters is 1. The molecule has 0 unspecified atom stereocenters. The molecule has 4 nitrogen and oxygen atoms in total. The molecular formula is C13H17NO3. The number of benzene rings is 1. The predicted octanol–water partition coefficient (Wildman–Crippen LogP) is 2.74. The fraction of sp³-hybridized carbons (Fsp3) is 0.385. The smallest absolute Gasteiger partial charge is 0.349 e. The van der Waals surface area contributed by atoms with E-state index < -0.39 is 11.6 Å². The van der Waals surface area contributed by atoms with E-state index in [1.807, 2.05) is 26.8 Å². The summed E-state index contributed by atoms with van der Waals surface area (Å²) in [6.45, 7) is 5.43. The zero-order valence-corrected chi connectivity index (χ0v) is 10.6. The van der Waals surface area contributed by atoms with Crippen molar-refractivity contribution in [3.8, 4) is 5.75 Å². The van der Waals surface area contributed by atoms with Crippen molar-refractivity contribution in [2.45, 2.75) is 26.4 Å². The number of carbonyl (C=O) groups excluding carboxylic acids is 1. The van der Waals surface area contributed by atoms with Crippen LogP contribution in [0.25, 0.3) is 0 Å². The third-order valence-electron chi connectivity index (χ3n) is 1.78. The standard InChI is InChI=1S/C13H17NO3/c1-13(2,3)17-12(15)9-14-10-6-5-7-11(8-10)16-4/h5-9H,1-4H3. The molecule has 4 heteroatoms. The zero-order chi connectivity index (χ0) is 12.9. The normalized spacial score (nSPS) is 11.5. The summed E-state index contributed by atoms with van der Waals surface area (Å²) in [5.41, 5.74) is 0.146. The zero-order valence-electron chi connectivity index (χ0n) is 10.6. The van der Waals surface area contributed by atoms with Crippen LogP contribution in [0, 0.1) is 0 Å². The van der Waals surface area contributed by atoms with Gasteiger partial charge in [-0.1, -0.05) is 6.07 Å². The first-order valence-electron chi connectivity index (χ1n) is 5.32. The first kappa shape index (κ1) is 13.2. The van der Waals surface area contributed by atoms with E-state index in [1.165, 1.54) is 6.21 Å². The fourth-order valence-corrected chi connectivity index (χ4v) is 1.15. The SMILES string of the molecule is COc1cccc(N=CC(=O)OC(C)(C)C)c1. The van der Waals surface area contributed by atoms with Gasteiger partial charge in [-0.2, -0.15) is 0 Å². The van der Waals surface area contributed by atoms with E-state index in [0.717, 1.165) is 0 Å². The van der Waals surface area contributed by atoms with Gasteiger partial charge in [-0.25, -0.2) is 9.79 Å². The summed E-state index contributed by atoms with van der Waals surface area (Å²) in [5, 5.41) is 0. The molecule has 0 heterocycles. The molecular weight excluding hydrogens is 218 g/mol. The molecule has 0 aromatic heterocycles. The molecule has 0 aliphatic carbocycles. The number of ether oxygens (including phenoxy) is 2. The third-order valence-corrected chi connectivity index (χ3v) is 1.78. The fourth-order valence-electron chi connectivity index (χ4n) is 1.15. The van der Waals surface area contributed by atoms with Crippen molar-refractivity contribution in [1.82, 2.24) is 0 Å². The van der Waals surface area contributed by atoms with E-state index >= 15 is 0 Å². The van der Waals surface area contributed by atoms with Gasteiger partial charge >= 0.3 is 5.97 Å². The van der Waals surface area contributed by atoms with E-state index in [9.17, 15) is 4.79 Å². The maximum absolute atomic E-state index is 11.4. The molecule has 0 atom stereocenters. The summed E-state index contributed by atoms with van der Waals surface area (Å²) in [6, 6.07) is 7.14. The van der Waals surface area contributed by atoms with Crippen LogP contribution < -0.4 is 4.74 Å². The molecule has 1 aromatic rings. The largest absolute Gasteiger partial charge is 0.497 e. The Morgan fingerprint density at radius 1 is 1.35 bits per heavy atom. The number of carbonyl (C=O) groups is 1. The molecule has 0 saturated heterocycles. The van der Waals surface area contributed by atoms with Crippen LogP contribution in [0.4, 0.5) is 5.69 Å². The van der Waals surface area contributed by atoms with Crippen LogP contribution in [0.3, 0.4) is 0 Å². The Morgan fingerprint density at radius 3 is 2.65 bits per heavy atom. The Hall–Kier alpha value is -1.84. The lowest BCUT2D eigenvalue weighted by Crippen LogP contribution is -2.24. The summed E-state index contributed by atoms with van der Waals surface area (Å²) in [5.74, 6) is 0.240. The minimum atomic E-state index is -0.502. The van der Waals surface area contributed by atoms with Crippen LogP contribution in [0.15, 0.2) is 29.3 Å². The van der Waals surface area contributed by atoms with Gasteiger partial charge in [-0.3, -0.25) is 0 Å². The van der Waals surface area contributed by atoms with Crippen LogP contribution >= 0.6 is 0 Å². The minimum absolute atomic E-state index is 0.458. The number of hydrogen-bond donors (Lipinski definition) is 0. The first-order chi connectivity index (χ1) is 7.90. The second-order valence-electron chi connectivity index (χ2n) is 4.49. The van der Waals surface area contributed by atoms with Crippen molar-refractivity contribution < 1.29 is 14.3 Å². The van der Waals surface area contributed by atoms with Crippen LogP contribution in [0.5, 0.6) is 5.75 Å². The van der Waals surface area contributed by atoms with Crippen molar-refractivity contribution in [2.75, 3.05) is 7.11 Å². The molecule has 0 radical (unpaired) electrons. The lowest BCUT2D eigenvalue weighted by molar-refractivity contribution is -0.145. The topological polar surface area (TPSA) is 47.9 Å². The van der Waals surface area contributed by atoms with Gasteiger partial charge < -0.3 is 9.47 Å². The van der Waals surface area contributed by atoms with Gasteiger partial charge in [0.1, 0.15) is 17.6 Å². The van der Waals surface area contributed by atoms with E-state index in [4.69, 9.17) is 9.47 Å². The lowest BCUT2D eigenvalue weighted by Gasteiger charge is -2.17. The number of rotatable bonds is 3. The Morgan fingerprint density at radius 2 is 2.06 bits per heavy atom. The van der Waals surface area contributed by atoms with Gasteiger partial charge in [0.25, 0.3) is 0 Å². The quantitative estimate of drug-likeness (QED) is 0.598. The van der Waals surface area contributed by atoms with Crippen LogP contribution in [-0.2, 0) is 9.53 Å². The Labute approximate surface area is 101 Å². The lowest BCUT2D eigenvalue weighted by atomic mass is 10.2. The second kappa shape index (κ2) is 5.48. The average Bonchev–Trinajstić information content (AvgIpc) is 2.24. The van der Waals surface area contributed by atoms with E-state index in [1.54, 1.807) is 25.3 Å². The third kappa shape index (κ3) is 5.15. The molecule has 0 spiro atoms. The highest BCUT2D eigenvalue weighted by molar-refractivity contribution is 6.23. The minimum Gasteiger partial charge on any atom is -0.497 e. The van der Waals surface area contributed by atoms with Crippen molar-refractivity contribution in [3.05, 3.63) is 24.3 Å². The Balaban J connectivity index is 2.67. The molecule has 1 aromatic carbocycles. The summed E-state index contributed by atoms with van der Waals surface area (Å²) in [7, 11) is 1.58. The van der Waals surface area contributed by atoms with Crippen molar-refractivity contribution >= 4 is 17.9 Å².